The molecule has 0 fully saturated rings. The van der Waals surface area contributed by atoms with Gasteiger partial charge in [0.1, 0.15) is 5.75 Å². The van der Waals surface area contributed by atoms with Crippen LogP contribution in [0.1, 0.15) is 12.0 Å². The standard InChI is InChI=1S/C19H20ClN3O2/c1-14-5-2-6-15(11-14)25-13-19(24)21-9-4-10-23-18-8-3-7-17(20)16(18)12-22-23/h2-3,5-8,11-12H,4,9-10,13H2,1H3,(H,21,24). The number of hydrogen-bond acceptors (Lipinski definition) is 3. The van der Waals surface area contributed by atoms with Gasteiger partial charge in [0.25, 0.3) is 5.91 Å². The second-order valence-corrected chi connectivity index (χ2v) is 6.26. The van der Waals surface area contributed by atoms with Gasteiger partial charge in [0.05, 0.1) is 16.7 Å². The summed E-state index contributed by atoms with van der Waals surface area (Å²) in [5.41, 5.74) is 2.10. The van der Waals surface area contributed by atoms with E-state index in [0.29, 0.717) is 23.9 Å². The fourth-order valence-corrected chi connectivity index (χ4v) is 2.83. The van der Waals surface area contributed by atoms with Crippen molar-refractivity contribution in [2.75, 3.05) is 13.2 Å². The molecule has 0 radical (unpaired) electrons. The van der Waals surface area contributed by atoms with Gasteiger partial charge in [-0.1, -0.05) is 29.8 Å². The molecule has 1 amide bonds. The lowest BCUT2D eigenvalue weighted by Gasteiger charge is -2.08. The molecular formula is C19H20ClN3O2. The number of nitrogens with zero attached hydrogens (tertiary/aromatic N) is 2. The van der Waals surface area contributed by atoms with Gasteiger partial charge in [-0.3, -0.25) is 9.48 Å². The molecule has 0 atom stereocenters. The average molecular weight is 358 g/mol. The second-order valence-electron chi connectivity index (χ2n) is 5.85. The Kier molecular flexibility index (Phi) is 5.56. The molecule has 25 heavy (non-hydrogen) atoms. The van der Waals surface area contributed by atoms with E-state index in [1.165, 1.54) is 0 Å². The number of benzene rings is 2. The number of carbonyl (C=O) groups is 1. The van der Waals surface area contributed by atoms with Crippen LogP contribution in [0.4, 0.5) is 0 Å². The summed E-state index contributed by atoms with van der Waals surface area (Å²) in [4.78, 5) is 11.8. The van der Waals surface area contributed by atoms with Gasteiger partial charge >= 0.3 is 0 Å². The molecule has 0 spiro atoms. The zero-order valence-corrected chi connectivity index (χ0v) is 14.8. The predicted octanol–water partition coefficient (Wildman–Crippen LogP) is 3.58. The van der Waals surface area contributed by atoms with Crippen LogP contribution in [-0.2, 0) is 11.3 Å². The van der Waals surface area contributed by atoms with Crippen molar-refractivity contribution in [3.8, 4) is 5.75 Å². The number of hydrogen-bond donors (Lipinski definition) is 1. The number of aryl methyl sites for hydroxylation is 2. The summed E-state index contributed by atoms with van der Waals surface area (Å²) < 4.78 is 7.38. The van der Waals surface area contributed by atoms with Crippen molar-refractivity contribution in [1.29, 1.82) is 0 Å². The number of amides is 1. The molecule has 1 N–H and O–H groups in total. The van der Waals surface area contributed by atoms with Gasteiger partial charge in [-0.25, -0.2) is 0 Å². The lowest BCUT2D eigenvalue weighted by atomic mass is 10.2. The van der Waals surface area contributed by atoms with E-state index in [1.807, 2.05) is 54.1 Å². The predicted molar refractivity (Wildman–Crippen MR) is 99.0 cm³/mol. The number of halogens is 1. The number of fused-ring (bicyclic) bond motifs is 1. The first-order chi connectivity index (χ1) is 12.1. The Bertz CT molecular complexity index is 876. The monoisotopic (exact) mass is 357 g/mol. The van der Waals surface area contributed by atoms with Gasteiger partial charge in [-0.2, -0.15) is 5.10 Å². The van der Waals surface area contributed by atoms with E-state index < -0.39 is 0 Å². The highest BCUT2D eigenvalue weighted by Gasteiger charge is 2.06. The van der Waals surface area contributed by atoms with Crippen molar-refractivity contribution < 1.29 is 9.53 Å². The Hall–Kier alpha value is -2.53. The third-order valence-corrected chi connectivity index (χ3v) is 4.19. The minimum atomic E-state index is -0.130. The summed E-state index contributed by atoms with van der Waals surface area (Å²) in [6, 6.07) is 13.4. The van der Waals surface area contributed by atoms with E-state index in [2.05, 4.69) is 10.4 Å². The third-order valence-electron chi connectivity index (χ3n) is 3.86. The molecule has 0 aliphatic rings. The fraction of sp³-hybridized carbons (Fsp3) is 0.263. The summed E-state index contributed by atoms with van der Waals surface area (Å²) in [7, 11) is 0. The van der Waals surface area contributed by atoms with E-state index >= 15 is 0 Å². The molecule has 0 aliphatic heterocycles. The van der Waals surface area contributed by atoms with Gasteiger partial charge in [0.2, 0.25) is 0 Å². The lowest BCUT2D eigenvalue weighted by Crippen LogP contribution is -2.30. The van der Waals surface area contributed by atoms with Crippen LogP contribution in [0.5, 0.6) is 5.75 Å². The molecule has 0 saturated heterocycles. The Morgan fingerprint density at radius 1 is 1.28 bits per heavy atom. The highest BCUT2D eigenvalue weighted by atomic mass is 35.5. The molecule has 130 valence electrons. The van der Waals surface area contributed by atoms with Crippen molar-refractivity contribution in [1.82, 2.24) is 15.1 Å². The zero-order valence-electron chi connectivity index (χ0n) is 14.0. The molecule has 0 bridgehead atoms. The Morgan fingerprint density at radius 2 is 2.12 bits per heavy atom. The van der Waals surface area contributed by atoms with E-state index in [0.717, 1.165) is 22.9 Å². The van der Waals surface area contributed by atoms with E-state index in [9.17, 15) is 4.79 Å². The van der Waals surface area contributed by atoms with Crippen LogP contribution in [0.3, 0.4) is 0 Å². The lowest BCUT2D eigenvalue weighted by molar-refractivity contribution is -0.123. The van der Waals surface area contributed by atoms with Crippen molar-refractivity contribution in [3.63, 3.8) is 0 Å². The number of carbonyl (C=O) groups excluding carboxylic acids is 1. The number of nitrogens with one attached hydrogen (secondary N) is 1. The average Bonchev–Trinajstić information content (AvgIpc) is 3.02. The minimum Gasteiger partial charge on any atom is -0.484 e. The van der Waals surface area contributed by atoms with Crippen LogP contribution in [0.25, 0.3) is 10.9 Å². The van der Waals surface area contributed by atoms with Crippen LogP contribution >= 0.6 is 11.6 Å². The van der Waals surface area contributed by atoms with Crippen molar-refractivity contribution in [2.45, 2.75) is 19.9 Å². The van der Waals surface area contributed by atoms with Crippen molar-refractivity contribution in [2.24, 2.45) is 0 Å². The van der Waals surface area contributed by atoms with E-state index in [4.69, 9.17) is 16.3 Å². The summed E-state index contributed by atoms with van der Waals surface area (Å²) in [5.74, 6) is 0.574. The van der Waals surface area contributed by atoms with Gasteiger partial charge in [-0.05, 0) is 43.2 Å². The molecule has 1 heterocycles. The Labute approximate surface area is 151 Å². The summed E-state index contributed by atoms with van der Waals surface area (Å²) in [6.45, 7) is 3.28. The molecule has 0 aliphatic carbocycles. The second kappa shape index (κ2) is 8.03. The molecule has 0 unspecified atom stereocenters. The maximum Gasteiger partial charge on any atom is 0.257 e. The highest BCUT2D eigenvalue weighted by molar-refractivity contribution is 6.35. The summed E-state index contributed by atoms with van der Waals surface area (Å²) in [5, 5.41) is 8.85. The van der Waals surface area contributed by atoms with Gasteiger partial charge in [0.15, 0.2) is 6.61 Å². The van der Waals surface area contributed by atoms with Crippen LogP contribution in [0.2, 0.25) is 5.02 Å². The van der Waals surface area contributed by atoms with Gasteiger partial charge in [-0.15, -0.1) is 0 Å². The van der Waals surface area contributed by atoms with Crippen LogP contribution < -0.4 is 10.1 Å². The number of aromatic nitrogens is 2. The summed E-state index contributed by atoms with van der Waals surface area (Å²) >= 11 is 6.14. The van der Waals surface area contributed by atoms with E-state index in [1.54, 1.807) is 6.20 Å². The minimum absolute atomic E-state index is 0.0176. The topological polar surface area (TPSA) is 56.1 Å². The summed E-state index contributed by atoms with van der Waals surface area (Å²) in [6.07, 6.45) is 2.55. The molecule has 3 rings (SSSR count). The molecule has 3 aromatic rings. The smallest absolute Gasteiger partial charge is 0.257 e. The largest absolute Gasteiger partial charge is 0.484 e. The Morgan fingerprint density at radius 3 is 2.96 bits per heavy atom. The van der Waals surface area contributed by atoms with Crippen molar-refractivity contribution >= 4 is 28.4 Å². The van der Waals surface area contributed by atoms with Gasteiger partial charge in [0, 0.05) is 18.5 Å². The highest BCUT2D eigenvalue weighted by Crippen LogP contribution is 2.22. The zero-order chi connectivity index (χ0) is 17.6. The van der Waals surface area contributed by atoms with E-state index in [-0.39, 0.29) is 12.5 Å². The van der Waals surface area contributed by atoms with Crippen molar-refractivity contribution in [3.05, 3.63) is 59.2 Å². The number of ether oxygens (including phenoxy) is 1. The Balaban J connectivity index is 1.42. The quantitative estimate of drug-likeness (QED) is 0.657. The molecular weight excluding hydrogens is 338 g/mol. The fourth-order valence-electron chi connectivity index (χ4n) is 2.61. The SMILES string of the molecule is Cc1cccc(OCC(=O)NCCCn2ncc3c(Cl)cccc32)c1. The normalized spacial score (nSPS) is 10.8. The molecule has 6 heteroatoms. The first-order valence-corrected chi connectivity index (χ1v) is 8.57. The molecule has 5 nitrogen and oxygen atoms in total. The van der Waals surface area contributed by atoms with Crippen LogP contribution in [0, 0.1) is 6.92 Å². The van der Waals surface area contributed by atoms with Gasteiger partial charge < -0.3 is 10.1 Å². The van der Waals surface area contributed by atoms with Crippen LogP contribution in [-0.4, -0.2) is 28.8 Å². The van der Waals surface area contributed by atoms with Crippen LogP contribution in [0.15, 0.2) is 48.7 Å². The molecule has 1 aromatic heterocycles. The third kappa shape index (κ3) is 4.51. The maximum absolute atomic E-state index is 11.8. The first kappa shape index (κ1) is 17.3. The maximum atomic E-state index is 11.8. The number of rotatable bonds is 7. The first-order valence-electron chi connectivity index (χ1n) is 8.20. The molecule has 0 saturated carbocycles. The molecule has 2 aromatic carbocycles.